The van der Waals surface area contributed by atoms with E-state index in [1.165, 1.54) is 0 Å². The maximum absolute atomic E-state index is 12.6. The summed E-state index contributed by atoms with van der Waals surface area (Å²) in [4.78, 5) is 26.5. The molecule has 1 aromatic carbocycles. The first-order valence-corrected chi connectivity index (χ1v) is 8.88. The summed E-state index contributed by atoms with van der Waals surface area (Å²) in [6, 6.07) is 7.76. The SMILES string of the molecule is CCOC1CC(N)(C(=O)NCCN2C(=O)Cc3ccccc32)C1(C)C. The molecule has 1 fully saturated rings. The number of ether oxygens (including phenoxy) is 1. The lowest BCUT2D eigenvalue weighted by atomic mass is 9.54. The van der Waals surface area contributed by atoms with Gasteiger partial charge in [0.25, 0.3) is 0 Å². The van der Waals surface area contributed by atoms with E-state index in [0.717, 1.165) is 11.3 Å². The summed E-state index contributed by atoms with van der Waals surface area (Å²) in [7, 11) is 0. The molecule has 0 aromatic heterocycles. The largest absolute Gasteiger partial charge is 0.378 e. The summed E-state index contributed by atoms with van der Waals surface area (Å²) in [6.07, 6.45) is 0.944. The number of hydrogen-bond acceptors (Lipinski definition) is 4. The Balaban J connectivity index is 1.56. The van der Waals surface area contributed by atoms with Crippen LogP contribution >= 0.6 is 0 Å². The molecular weight excluding hydrogens is 318 g/mol. The molecule has 0 radical (unpaired) electrons. The molecule has 1 aliphatic heterocycles. The number of para-hydroxylation sites is 1. The Bertz CT molecular complexity index is 688. The molecule has 3 rings (SSSR count). The molecule has 1 saturated carbocycles. The van der Waals surface area contributed by atoms with Crippen LogP contribution in [0.4, 0.5) is 5.69 Å². The van der Waals surface area contributed by atoms with E-state index in [9.17, 15) is 9.59 Å². The van der Waals surface area contributed by atoms with E-state index in [2.05, 4.69) is 5.32 Å². The van der Waals surface area contributed by atoms with Crippen LogP contribution in [0.1, 0.15) is 32.8 Å². The fraction of sp³-hybridized carbons (Fsp3) is 0.579. The Hall–Kier alpha value is -1.92. The highest BCUT2D eigenvalue weighted by atomic mass is 16.5. The minimum atomic E-state index is -0.931. The third-order valence-electron chi connectivity index (χ3n) is 5.78. The van der Waals surface area contributed by atoms with Crippen molar-refractivity contribution < 1.29 is 14.3 Å². The van der Waals surface area contributed by atoms with E-state index in [1.54, 1.807) is 4.90 Å². The number of anilines is 1. The topological polar surface area (TPSA) is 84.7 Å². The number of nitrogens with zero attached hydrogens (tertiary/aromatic N) is 1. The zero-order valence-corrected chi connectivity index (χ0v) is 15.2. The highest BCUT2D eigenvalue weighted by Crippen LogP contribution is 2.49. The molecule has 1 aromatic rings. The van der Waals surface area contributed by atoms with Gasteiger partial charge >= 0.3 is 0 Å². The van der Waals surface area contributed by atoms with E-state index in [-0.39, 0.29) is 17.9 Å². The van der Waals surface area contributed by atoms with Gasteiger partial charge in [0, 0.05) is 37.2 Å². The molecule has 2 amide bonds. The second kappa shape index (κ2) is 6.42. The van der Waals surface area contributed by atoms with Crippen molar-refractivity contribution in [2.75, 3.05) is 24.6 Å². The monoisotopic (exact) mass is 345 g/mol. The molecule has 2 aliphatic rings. The fourth-order valence-electron chi connectivity index (χ4n) is 3.82. The van der Waals surface area contributed by atoms with Gasteiger partial charge in [0.2, 0.25) is 11.8 Å². The molecule has 1 aliphatic carbocycles. The Labute approximate surface area is 148 Å². The van der Waals surface area contributed by atoms with Crippen molar-refractivity contribution in [3.63, 3.8) is 0 Å². The maximum atomic E-state index is 12.6. The van der Waals surface area contributed by atoms with Crippen molar-refractivity contribution in [2.24, 2.45) is 11.1 Å². The van der Waals surface area contributed by atoms with Crippen molar-refractivity contribution >= 4 is 17.5 Å². The Morgan fingerprint density at radius 2 is 2.12 bits per heavy atom. The number of benzene rings is 1. The minimum Gasteiger partial charge on any atom is -0.378 e. The van der Waals surface area contributed by atoms with Gasteiger partial charge in [-0.1, -0.05) is 32.0 Å². The van der Waals surface area contributed by atoms with Gasteiger partial charge in [0.1, 0.15) is 5.54 Å². The lowest BCUT2D eigenvalue weighted by molar-refractivity contribution is -0.170. The smallest absolute Gasteiger partial charge is 0.240 e. The van der Waals surface area contributed by atoms with Crippen molar-refractivity contribution in [1.82, 2.24) is 5.32 Å². The number of hydrogen-bond donors (Lipinski definition) is 2. The quantitative estimate of drug-likeness (QED) is 0.812. The average Bonchev–Trinajstić information content (AvgIpc) is 2.90. The van der Waals surface area contributed by atoms with Gasteiger partial charge in [-0.25, -0.2) is 0 Å². The molecule has 6 nitrogen and oxygen atoms in total. The number of amides is 2. The van der Waals surface area contributed by atoms with Gasteiger partial charge in [-0.15, -0.1) is 0 Å². The van der Waals surface area contributed by atoms with Crippen molar-refractivity contribution in [1.29, 1.82) is 0 Å². The van der Waals surface area contributed by atoms with E-state index < -0.39 is 11.0 Å². The Morgan fingerprint density at radius 1 is 1.40 bits per heavy atom. The number of carbonyl (C=O) groups excluding carboxylic acids is 2. The number of carbonyl (C=O) groups is 2. The van der Waals surface area contributed by atoms with Crippen molar-refractivity contribution in [2.45, 2.75) is 45.3 Å². The van der Waals surface area contributed by atoms with Gasteiger partial charge in [-0.3, -0.25) is 9.59 Å². The zero-order valence-electron chi connectivity index (χ0n) is 15.2. The summed E-state index contributed by atoms with van der Waals surface area (Å²) in [5, 5.41) is 2.91. The van der Waals surface area contributed by atoms with Crippen LogP contribution in [0.3, 0.4) is 0 Å². The molecule has 6 heteroatoms. The van der Waals surface area contributed by atoms with Crippen LogP contribution in [0.2, 0.25) is 0 Å². The fourth-order valence-corrected chi connectivity index (χ4v) is 3.82. The normalized spacial score (nSPS) is 27.0. The first-order valence-electron chi connectivity index (χ1n) is 8.88. The molecule has 2 unspecified atom stereocenters. The molecule has 136 valence electrons. The van der Waals surface area contributed by atoms with Gasteiger partial charge < -0.3 is 20.7 Å². The Kier molecular flexibility index (Phi) is 4.60. The Morgan fingerprint density at radius 3 is 2.80 bits per heavy atom. The highest BCUT2D eigenvalue weighted by Gasteiger charge is 2.62. The second-order valence-electron chi connectivity index (χ2n) is 7.45. The lowest BCUT2D eigenvalue weighted by Crippen LogP contribution is -2.75. The molecule has 3 N–H and O–H groups in total. The predicted molar refractivity (Wildman–Crippen MR) is 96.2 cm³/mol. The van der Waals surface area contributed by atoms with E-state index in [4.69, 9.17) is 10.5 Å². The summed E-state index contributed by atoms with van der Waals surface area (Å²) in [6.45, 7) is 7.33. The van der Waals surface area contributed by atoms with Gasteiger partial charge in [-0.2, -0.15) is 0 Å². The molecule has 25 heavy (non-hydrogen) atoms. The first kappa shape index (κ1) is 17.9. The molecule has 0 spiro atoms. The number of rotatable bonds is 6. The highest BCUT2D eigenvalue weighted by molar-refractivity contribution is 6.01. The van der Waals surface area contributed by atoms with Gasteiger partial charge in [0.05, 0.1) is 12.5 Å². The van der Waals surface area contributed by atoms with Gasteiger partial charge in [-0.05, 0) is 18.6 Å². The van der Waals surface area contributed by atoms with E-state index in [1.807, 2.05) is 45.0 Å². The second-order valence-corrected chi connectivity index (χ2v) is 7.45. The summed E-state index contributed by atoms with van der Waals surface area (Å²) in [5.41, 5.74) is 7.00. The third kappa shape index (κ3) is 2.83. The van der Waals surface area contributed by atoms with Crippen LogP contribution in [-0.4, -0.2) is 43.2 Å². The summed E-state index contributed by atoms with van der Waals surface area (Å²) < 4.78 is 5.66. The van der Waals surface area contributed by atoms with Gasteiger partial charge in [0.15, 0.2) is 0 Å². The predicted octanol–water partition coefficient (Wildman–Crippen LogP) is 1.22. The van der Waals surface area contributed by atoms with E-state index in [0.29, 0.717) is 32.5 Å². The molecule has 0 saturated heterocycles. The molecule has 0 bridgehead atoms. The number of nitrogens with two attached hydrogens (primary N) is 1. The summed E-state index contributed by atoms with van der Waals surface area (Å²) in [5.74, 6) is -0.105. The van der Waals surface area contributed by atoms with Crippen molar-refractivity contribution in [3.8, 4) is 0 Å². The molecule has 2 atom stereocenters. The van der Waals surface area contributed by atoms with E-state index >= 15 is 0 Å². The maximum Gasteiger partial charge on any atom is 0.240 e. The van der Waals surface area contributed by atoms with Crippen LogP contribution in [0.5, 0.6) is 0 Å². The summed E-state index contributed by atoms with van der Waals surface area (Å²) >= 11 is 0. The van der Waals surface area contributed by atoms with Crippen LogP contribution in [-0.2, 0) is 20.7 Å². The number of nitrogens with one attached hydrogen (secondary N) is 1. The molecule has 1 heterocycles. The number of fused-ring (bicyclic) bond motifs is 1. The lowest BCUT2D eigenvalue weighted by Gasteiger charge is -2.57. The average molecular weight is 345 g/mol. The van der Waals surface area contributed by atoms with Crippen LogP contribution in [0.15, 0.2) is 24.3 Å². The van der Waals surface area contributed by atoms with Crippen molar-refractivity contribution in [3.05, 3.63) is 29.8 Å². The van der Waals surface area contributed by atoms with Crippen LogP contribution in [0.25, 0.3) is 0 Å². The zero-order chi connectivity index (χ0) is 18.2. The van der Waals surface area contributed by atoms with Crippen LogP contribution in [0, 0.1) is 5.41 Å². The first-order chi connectivity index (χ1) is 11.8. The third-order valence-corrected chi connectivity index (χ3v) is 5.78. The standard InChI is InChI=1S/C19H27N3O3/c1-4-25-15-12-19(20,18(15,2)3)17(24)21-9-10-22-14-8-6-5-7-13(14)11-16(22)23/h5-8,15H,4,9-12,20H2,1-3H3,(H,21,24). The molecular formula is C19H27N3O3. The minimum absolute atomic E-state index is 0.000266. The van der Waals surface area contributed by atoms with Crippen LogP contribution < -0.4 is 16.0 Å².